The Kier molecular flexibility index (Phi) is 5.39. The molecule has 0 bridgehead atoms. The monoisotopic (exact) mass is 292 g/mol. The van der Waals surface area contributed by atoms with Crippen LogP contribution in [0.1, 0.15) is 51.7 Å². The van der Waals surface area contributed by atoms with Gasteiger partial charge in [-0.25, -0.2) is 4.39 Å². The van der Waals surface area contributed by atoms with Crippen molar-refractivity contribution in [1.82, 2.24) is 10.2 Å². The fourth-order valence-electron chi connectivity index (χ4n) is 2.74. The number of nitrogens with one attached hydrogen (secondary N) is 1. The molecule has 1 aromatic rings. The lowest BCUT2D eigenvalue weighted by atomic mass is 9.82. The fraction of sp³-hybridized carbons (Fsp3) is 0.667. The first-order chi connectivity index (χ1) is 9.85. The van der Waals surface area contributed by atoms with Gasteiger partial charge in [0.05, 0.1) is 0 Å². The summed E-state index contributed by atoms with van der Waals surface area (Å²) in [5.74, 6) is -0.0758. The summed E-state index contributed by atoms with van der Waals surface area (Å²) in [7, 11) is 0. The lowest BCUT2D eigenvalue weighted by Gasteiger charge is -2.37. The number of rotatable bonds is 5. The third-order valence-electron chi connectivity index (χ3n) is 4.43. The molecule has 3 heteroatoms. The van der Waals surface area contributed by atoms with Crippen molar-refractivity contribution in [2.45, 2.75) is 59.7 Å². The number of piperidine rings is 1. The summed E-state index contributed by atoms with van der Waals surface area (Å²) in [6, 6.07) is 5.96. The minimum absolute atomic E-state index is 0.0758. The fourth-order valence-corrected chi connectivity index (χ4v) is 2.74. The number of benzene rings is 1. The summed E-state index contributed by atoms with van der Waals surface area (Å²) in [6.45, 7) is 12.6. The Morgan fingerprint density at radius 3 is 2.52 bits per heavy atom. The van der Waals surface area contributed by atoms with E-state index in [4.69, 9.17) is 0 Å². The van der Waals surface area contributed by atoms with Gasteiger partial charge >= 0.3 is 0 Å². The average Bonchev–Trinajstić information content (AvgIpc) is 2.42. The van der Waals surface area contributed by atoms with Crippen LogP contribution in [0.5, 0.6) is 0 Å². The van der Waals surface area contributed by atoms with Crippen LogP contribution in [0.15, 0.2) is 18.2 Å². The topological polar surface area (TPSA) is 15.3 Å². The van der Waals surface area contributed by atoms with E-state index in [1.807, 2.05) is 12.1 Å². The standard InChI is InChI=1S/C18H29FN2/c1-14(2)20-12-15-5-6-17(19)16(11-15)13-21-9-7-18(3,4)8-10-21/h5-6,11,14,20H,7-10,12-13H2,1-4H3. The molecule has 1 aliphatic heterocycles. The maximum absolute atomic E-state index is 14.0. The molecule has 2 rings (SSSR count). The Hall–Kier alpha value is -0.930. The molecule has 118 valence electrons. The van der Waals surface area contributed by atoms with Crippen molar-refractivity contribution in [3.05, 3.63) is 35.1 Å². The molecule has 0 aliphatic carbocycles. The predicted molar refractivity (Wildman–Crippen MR) is 86.7 cm³/mol. The van der Waals surface area contributed by atoms with E-state index in [1.165, 1.54) is 12.8 Å². The molecule has 2 nitrogen and oxygen atoms in total. The molecule has 0 aromatic heterocycles. The molecule has 0 amide bonds. The minimum atomic E-state index is -0.0758. The van der Waals surface area contributed by atoms with Crippen LogP contribution in [-0.2, 0) is 13.1 Å². The number of hydrogen-bond acceptors (Lipinski definition) is 2. The van der Waals surface area contributed by atoms with Crippen LogP contribution in [0.2, 0.25) is 0 Å². The van der Waals surface area contributed by atoms with Crippen molar-refractivity contribution in [2.75, 3.05) is 13.1 Å². The first-order valence-corrected chi connectivity index (χ1v) is 8.09. The smallest absolute Gasteiger partial charge is 0.127 e. The zero-order valence-corrected chi connectivity index (χ0v) is 13.9. The molecule has 1 aliphatic rings. The van der Waals surface area contributed by atoms with Gasteiger partial charge in [0.2, 0.25) is 0 Å². The van der Waals surface area contributed by atoms with Gasteiger partial charge in [-0.05, 0) is 43.0 Å². The molecule has 1 aromatic carbocycles. The average molecular weight is 292 g/mol. The second-order valence-corrected chi connectivity index (χ2v) is 7.40. The maximum atomic E-state index is 14.0. The quantitative estimate of drug-likeness (QED) is 0.884. The number of likely N-dealkylation sites (tertiary alicyclic amines) is 1. The largest absolute Gasteiger partial charge is 0.310 e. The van der Waals surface area contributed by atoms with E-state index in [0.29, 0.717) is 11.5 Å². The SMILES string of the molecule is CC(C)NCc1ccc(F)c(CN2CCC(C)(C)CC2)c1. The van der Waals surface area contributed by atoms with E-state index >= 15 is 0 Å². The van der Waals surface area contributed by atoms with Gasteiger partial charge in [0.25, 0.3) is 0 Å². The van der Waals surface area contributed by atoms with Gasteiger partial charge in [0.1, 0.15) is 5.82 Å². The van der Waals surface area contributed by atoms with Crippen LogP contribution in [0.3, 0.4) is 0 Å². The summed E-state index contributed by atoms with van der Waals surface area (Å²) in [5, 5.41) is 3.39. The van der Waals surface area contributed by atoms with Crippen LogP contribution in [0.25, 0.3) is 0 Å². The number of hydrogen-bond donors (Lipinski definition) is 1. The van der Waals surface area contributed by atoms with Crippen LogP contribution in [0.4, 0.5) is 4.39 Å². The van der Waals surface area contributed by atoms with Gasteiger partial charge in [-0.3, -0.25) is 4.90 Å². The molecule has 1 fully saturated rings. The van der Waals surface area contributed by atoms with E-state index in [1.54, 1.807) is 6.07 Å². The molecule has 21 heavy (non-hydrogen) atoms. The van der Waals surface area contributed by atoms with Gasteiger partial charge in [0.15, 0.2) is 0 Å². The second-order valence-electron chi connectivity index (χ2n) is 7.40. The Balaban J connectivity index is 1.97. The summed E-state index contributed by atoms with van der Waals surface area (Å²) in [6.07, 6.45) is 2.40. The highest BCUT2D eigenvalue weighted by molar-refractivity contribution is 5.25. The van der Waals surface area contributed by atoms with Crippen LogP contribution >= 0.6 is 0 Å². The lowest BCUT2D eigenvalue weighted by Crippen LogP contribution is -2.37. The Labute approximate surface area is 128 Å². The summed E-state index contributed by atoms with van der Waals surface area (Å²) >= 11 is 0. The van der Waals surface area contributed by atoms with Crippen molar-refractivity contribution >= 4 is 0 Å². The molecule has 1 saturated heterocycles. The summed E-state index contributed by atoms with van der Waals surface area (Å²) in [5.41, 5.74) is 2.44. The van der Waals surface area contributed by atoms with E-state index in [0.717, 1.165) is 37.3 Å². The van der Waals surface area contributed by atoms with Crippen LogP contribution in [0, 0.1) is 11.2 Å². The number of nitrogens with zero attached hydrogens (tertiary/aromatic N) is 1. The van der Waals surface area contributed by atoms with Crippen molar-refractivity contribution in [3.63, 3.8) is 0 Å². The van der Waals surface area contributed by atoms with Gasteiger partial charge in [-0.1, -0.05) is 39.8 Å². The highest BCUT2D eigenvalue weighted by atomic mass is 19.1. The lowest BCUT2D eigenvalue weighted by molar-refractivity contribution is 0.126. The normalized spacial score (nSPS) is 19.1. The highest BCUT2D eigenvalue weighted by Crippen LogP contribution is 2.30. The van der Waals surface area contributed by atoms with Gasteiger partial charge in [-0.15, -0.1) is 0 Å². The van der Waals surface area contributed by atoms with Crippen molar-refractivity contribution < 1.29 is 4.39 Å². The van der Waals surface area contributed by atoms with Crippen molar-refractivity contribution in [3.8, 4) is 0 Å². The zero-order valence-electron chi connectivity index (χ0n) is 13.9. The predicted octanol–water partition coefficient (Wildman–Crippen LogP) is 3.95. The van der Waals surface area contributed by atoms with E-state index in [-0.39, 0.29) is 5.82 Å². The van der Waals surface area contributed by atoms with E-state index in [9.17, 15) is 4.39 Å². The Morgan fingerprint density at radius 2 is 1.90 bits per heavy atom. The highest BCUT2D eigenvalue weighted by Gasteiger charge is 2.25. The molecule has 0 atom stereocenters. The minimum Gasteiger partial charge on any atom is -0.310 e. The third-order valence-corrected chi connectivity index (χ3v) is 4.43. The second kappa shape index (κ2) is 6.89. The van der Waals surface area contributed by atoms with E-state index < -0.39 is 0 Å². The molecule has 1 heterocycles. The van der Waals surface area contributed by atoms with Crippen molar-refractivity contribution in [1.29, 1.82) is 0 Å². The van der Waals surface area contributed by atoms with Crippen molar-refractivity contribution in [2.24, 2.45) is 5.41 Å². The first kappa shape index (κ1) is 16.4. The zero-order chi connectivity index (χ0) is 15.5. The Bertz CT molecular complexity index is 458. The molecular formula is C18H29FN2. The molecule has 0 radical (unpaired) electrons. The summed E-state index contributed by atoms with van der Waals surface area (Å²) in [4.78, 5) is 2.38. The van der Waals surface area contributed by atoms with Crippen LogP contribution < -0.4 is 5.32 Å². The van der Waals surface area contributed by atoms with Gasteiger partial charge in [-0.2, -0.15) is 0 Å². The third kappa shape index (κ3) is 5.08. The van der Waals surface area contributed by atoms with E-state index in [2.05, 4.69) is 37.9 Å². The maximum Gasteiger partial charge on any atom is 0.127 e. The molecule has 0 spiro atoms. The molecular weight excluding hydrogens is 263 g/mol. The molecule has 0 unspecified atom stereocenters. The Morgan fingerprint density at radius 1 is 1.24 bits per heavy atom. The molecule has 0 saturated carbocycles. The molecule has 1 N–H and O–H groups in total. The summed E-state index contributed by atoms with van der Waals surface area (Å²) < 4.78 is 14.0. The van der Waals surface area contributed by atoms with Crippen LogP contribution in [-0.4, -0.2) is 24.0 Å². The first-order valence-electron chi connectivity index (χ1n) is 8.09. The van der Waals surface area contributed by atoms with Gasteiger partial charge < -0.3 is 5.32 Å². The van der Waals surface area contributed by atoms with Gasteiger partial charge in [0, 0.05) is 24.7 Å². The number of halogens is 1.